The Labute approximate surface area is 94.7 Å². The molecule has 82 valence electrons. The van der Waals surface area contributed by atoms with Gasteiger partial charge in [-0.3, -0.25) is 4.79 Å². The van der Waals surface area contributed by atoms with Crippen LogP contribution in [-0.2, 0) is 0 Å². The fourth-order valence-corrected chi connectivity index (χ4v) is 1.62. The van der Waals surface area contributed by atoms with Crippen molar-refractivity contribution in [3.05, 3.63) is 29.8 Å². The molecular weight excluding hydrogens is 208 g/mol. The molecule has 0 saturated carbocycles. The molecule has 1 N–H and O–H groups in total. The zero-order valence-electron chi connectivity index (χ0n) is 9.28. The Morgan fingerprint density at radius 3 is 2.33 bits per heavy atom. The Morgan fingerprint density at radius 1 is 1.40 bits per heavy atom. The minimum Gasteiger partial charge on any atom is -0.382 e. The van der Waals surface area contributed by atoms with Gasteiger partial charge in [0.25, 0.3) is 0 Å². The molecule has 0 radical (unpaired) electrons. The second kappa shape index (κ2) is 4.81. The lowest BCUT2D eigenvalue weighted by Gasteiger charge is -2.19. The number of hydrogen-bond donors (Lipinski definition) is 1. The number of thioether (sulfide) groups is 1. The number of hydrogen-bond acceptors (Lipinski definition) is 3. The quantitative estimate of drug-likeness (QED) is 0.631. The molecule has 0 fully saturated rings. The molecule has 15 heavy (non-hydrogen) atoms. The average Bonchev–Trinajstić information content (AvgIpc) is 2.28. The zero-order valence-corrected chi connectivity index (χ0v) is 10.1. The summed E-state index contributed by atoms with van der Waals surface area (Å²) < 4.78 is 0. The Balaban J connectivity index is 2.92. The maximum atomic E-state index is 11.8. The normalized spacial score (nSPS) is 14.7. The van der Waals surface area contributed by atoms with E-state index in [1.54, 1.807) is 37.7 Å². The molecule has 2 nitrogen and oxygen atoms in total. The highest BCUT2D eigenvalue weighted by Crippen LogP contribution is 2.20. The number of Topliss-reactive ketones (excluding diaryl/α,β-unsaturated/α-hetero) is 1. The van der Waals surface area contributed by atoms with Gasteiger partial charge in [-0.2, -0.15) is 0 Å². The standard InChI is InChI=1S/C12H16O2S/c1-4-12(2,14)11(13)9-5-7-10(15-3)8-6-9/h5-8,14H,4H2,1-3H3. The fraction of sp³-hybridized carbons (Fsp3) is 0.417. The van der Waals surface area contributed by atoms with E-state index in [2.05, 4.69) is 0 Å². The summed E-state index contributed by atoms with van der Waals surface area (Å²) in [6, 6.07) is 7.31. The number of benzene rings is 1. The van der Waals surface area contributed by atoms with Crippen LogP contribution >= 0.6 is 11.8 Å². The Hall–Kier alpha value is -0.800. The number of ketones is 1. The summed E-state index contributed by atoms with van der Waals surface area (Å²) in [6.07, 6.45) is 2.41. The molecule has 0 saturated heterocycles. The van der Waals surface area contributed by atoms with Crippen molar-refractivity contribution in [3.63, 3.8) is 0 Å². The van der Waals surface area contributed by atoms with Crippen molar-refractivity contribution < 1.29 is 9.90 Å². The van der Waals surface area contributed by atoms with E-state index in [1.807, 2.05) is 18.4 Å². The van der Waals surface area contributed by atoms with E-state index in [-0.39, 0.29) is 5.78 Å². The largest absolute Gasteiger partial charge is 0.382 e. The summed E-state index contributed by atoms with van der Waals surface area (Å²) in [6.45, 7) is 3.35. The second-order valence-electron chi connectivity index (χ2n) is 3.69. The lowest BCUT2D eigenvalue weighted by atomic mass is 9.92. The molecule has 1 rings (SSSR count). The van der Waals surface area contributed by atoms with E-state index >= 15 is 0 Å². The van der Waals surface area contributed by atoms with Crippen molar-refractivity contribution >= 4 is 17.5 Å². The molecule has 1 unspecified atom stereocenters. The fourth-order valence-electron chi connectivity index (χ4n) is 1.21. The highest BCUT2D eigenvalue weighted by atomic mass is 32.2. The third kappa shape index (κ3) is 2.83. The first-order valence-corrected chi connectivity index (χ1v) is 6.15. The first-order chi connectivity index (χ1) is 7.01. The lowest BCUT2D eigenvalue weighted by Crippen LogP contribution is -2.34. The van der Waals surface area contributed by atoms with E-state index in [1.165, 1.54) is 0 Å². The maximum Gasteiger partial charge on any atom is 0.194 e. The zero-order chi connectivity index (χ0) is 11.5. The number of aliphatic hydroxyl groups is 1. The smallest absolute Gasteiger partial charge is 0.194 e. The van der Waals surface area contributed by atoms with E-state index in [9.17, 15) is 9.90 Å². The van der Waals surface area contributed by atoms with Gasteiger partial charge in [-0.05, 0) is 31.7 Å². The van der Waals surface area contributed by atoms with Crippen LogP contribution in [-0.4, -0.2) is 22.7 Å². The Morgan fingerprint density at radius 2 is 1.93 bits per heavy atom. The van der Waals surface area contributed by atoms with Gasteiger partial charge in [-0.15, -0.1) is 11.8 Å². The number of carbonyl (C=O) groups excluding carboxylic acids is 1. The second-order valence-corrected chi connectivity index (χ2v) is 4.56. The topological polar surface area (TPSA) is 37.3 Å². The van der Waals surface area contributed by atoms with Crippen LogP contribution in [0.3, 0.4) is 0 Å². The van der Waals surface area contributed by atoms with Crippen LogP contribution in [0.25, 0.3) is 0 Å². The number of rotatable bonds is 4. The van der Waals surface area contributed by atoms with Gasteiger partial charge in [-0.1, -0.05) is 19.1 Å². The lowest BCUT2D eigenvalue weighted by molar-refractivity contribution is 0.0390. The molecule has 0 aliphatic carbocycles. The van der Waals surface area contributed by atoms with Crippen molar-refractivity contribution in [3.8, 4) is 0 Å². The van der Waals surface area contributed by atoms with Gasteiger partial charge < -0.3 is 5.11 Å². The third-order valence-corrected chi connectivity index (χ3v) is 3.27. The highest BCUT2D eigenvalue weighted by Gasteiger charge is 2.28. The Kier molecular flexibility index (Phi) is 3.94. The minimum absolute atomic E-state index is 0.211. The molecule has 0 aliphatic rings. The number of carbonyl (C=O) groups is 1. The van der Waals surface area contributed by atoms with Crippen LogP contribution in [0.15, 0.2) is 29.2 Å². The average molecular weight is 224 g/mol. The third-order valence-electron chi connectivity index (χ3n) is 2.53. The minimum atomic E-state index is -1.25. The summed E-state index contributed by atoms with van der Waals surface area (Å²) in [5.41, 5.74) is -0.680. The van der Waals surface area contributed by atoms with Crippen molar-refractivity contribution in [2.75, 3.05) is 6.26 Å². The molecule has 0 spiro atoms. The molecule has 0 bridgehead atoms. The maximum absolute atomic E-state index is 11.8. The molecule has 1 aromatic rings. The molecule has 1 atom stereocenters. The summed E-state index contributed by atoms with van der Waals surface area (Å²) >= 11 is 1.63. The van der Waals surface area contributed by atoms with Crippen LogP contribution in [0.1, 0.15) is 30.6 Å². The first-order valence-electron chi connectivity index (χ1n) is 4.92. The van der Waals surface area contributed by atoms with Crippen molar-refractivity contribution in [1.82, 2.24) is 0 Å². The van der Waals surface area contributed by atoms with E-state index in [0.717, 1.165) is 4.90 Å². The first kappa shape index (κ1) is 12.3. The van der Waals surface area contributed by atoms with Gasteiger partial charge in [0.2, 0.25) is 0 Å². The van der Waals surface area contributed by atoms with Crippen LogP contribution in [0.5, 0.6) is 0 Å². The van der Waals surface area contributed by atoms with Gasteiger partial charge in [-0.25, -0.2) is 0 Å². The van der Waals surface area contributed by atoms with E-state index in [4.69, 9.17) is 0 Å². The highest BCUT2D eigenvalue weighted by molar-refractivity contribution is 7.98. The summed E-state index contributed by atoms with van der Waals surface area (Å²) in [5, 5.41) is 9.82. The SMILES string of the molecule is CCC(C)(O)C(=O)c1ccc(SC)cc1. The molecule has 0 aromatic heterocycles. The van der Waals surface area contributed by atoms with Crippen LogP contribution in [0.2, 0.25) is 0 Å². The summed E-state index contributed by atoms with van der Waals surface area (Å²) in [4.78, 5) is 13.0. The van der Waals surface area contributed by atoms with Gasteiger partial charge in [0.1, 0.15) is 5.60 Å². The molecule has 1 aromatic carbocycles. The predicted octanol–water partition coefficient (Wildman–Crippen LogP) is 2.75. The van der Waals surface area contributed by atoms with Gasteiger partial charge in [0, 0.05) is 10.5 Å². The molecule has 0 aliphatic heterocycles. The van der Waals surface area contributed by atoms with Crippen LogP contribution in [0.4, 0.5) is 0 Å². The Bertz CT molecular complexity index is 341. The van der Waals surface area contributed by atoms with Crippen molar-refractivity contribution in [2.24, 2.45) is 0 Å². The van der Waals surface area contributed by atoms with Gasteiger partial charge in [0.15, 0.2) is 5.78 Å². The molecular formula is C12H16O2S. The van der Waals surface area contributed by atoms with Gasteiger partial charge in [0.05, 0.1) is 0 Å². The summed E-state index contributed by atoms with van der Waals surface area (Å²) in [5.74, 6) is -0.211. The van der Waals surface area contributed by atoms with Crippen molar-refractivity contribution in [2.45, 2.75) is 30.8 Å². The van der Waals surface area contributed by atoms with Crippen LogP contribution in [0, 0.1) is 0 Å². The monoisotopic (exact) mass is 224 g/mol. The predicted molar refractivity (Wildman–Crippen MR) is 63.5 cm³/mol. The van der Waals surface area contributed by atoms with Crippen molar-refractivity contribution in [1.29, 1.82) is 0 Å². The molecule has 0 heterocycles. The molecule has 0 amide bonds. The van der Waals surface area contributed by atoms with E-state index < -0.39 is 5.60 Å². The van der Waals surface area contributed by atoms with Crippen LogP contribution < -0.4 is 0 Å². The summed E-state index contributed by atoms with van der Waals surface area (Å²) in [7, 11) is 0. The van der Waals surface area contributed by atoms with E-state index in [0.29, 0.717) is 12.0 Å². The molecule has 3 heteroatoms. The van der Waals surface area contributed by atoms with Gasteiger partial charge >= 0.3 is 0 Å².